The van der Waals surface area contributed by atoms with Crippen molar-refractivity contribution in [3.05, 3.63) is 34.9 Å². The van der Waals surface area contributed by atoms with Crippen LogP contribution in [-0.2, 0) is 17.6 Å². The molecule has 0 spiro atoms. The van der Waals surface area contributed by atoms with Crippen LogP contribution in [0.2, 0.25) is 0 Å². The van der Waals surface area contributed by atoms with Gasteiger partial charge in [-0.15, -0.1) is 0 Å². The van der Waals surface area contributed by atoms with Crippen molar-refractivity contribution in [1.29, 1.82) is 0 Å². The van der Waals surface area contributed by atoms with Gasteiger partial charge in [0.1, 0.15) is 0 Å². The normalized spacial score (nSPS) is 29.0. The van der Waals surface area contributed by atoms with E-state index in [1.807, 2.05) is 0 Å². The van der Waals surface area contributed by atoms with Crippen LogP contribution in [0.3, 0.4) is 0 Å². The summed E-state index contributed by atoms with van der Waals surface area (Å²) in [6.45, 7) is 2.78. The molecule has 0 saturated carbocycles. The maximum atomic E-state index is 10.5. The maximum Gasteiger partial charge on any atom is 0.0841 e. The molecule has 2 nitrogen and oxygen atoms in total. The predicted octanol–water partition coefficient (Wildman–Crippen LogP) is 3.02. The van der Waals surface area contributed by atoms with E-state index >= 15 is 0 Å². The number of rotatable bonds is 2. The number of benzene rings is 1. The molecule has 3 atom stereocenters. The van der Waals surface area contributed by atoms with Gasteiger partial charge in [-0.1, -0.05) is 18.2 Å². The molecule has 18 heavy (non-hydrogen) atoms. The van der Waals surface area contributed by atoms with Gasteiger partial charge in [-0.3, -0.25) is 0 Å². The van der Waals surface area contributed by atoms with Gasteiger partial charge in [0.25, 0.3) is 0 Å². The van der Waals surface area contributed by atoms with Crippen LogP contribution in [0.15, 0.2) is 18.2 Å². The zero-order valence-corrected chi connectivity index (χ0v) is 11.1. The molecule has 1 saturated heterocycles. The van der Waals surface area contributed by atoms with E-state index in [4.69, 9.17) is 4.74 Å². The number of ether oxygens (including phenoxy) is 1. The second kappa shape index (κ2) is 5.02. The summed E-state index contributed by atoms with van der Waals surface area (Å²) in [5, 5.41) is 10.5. The molecule has 2 aliphatic rings. The molecule has 0 aromatic heterocycles. The lowest BCUT2D eigenvalue weighted by Gasteiger charge is -2.21. The van der Waals surface area contributed by atoms with Crippen LogP contribution in [0.4, 0.5) is 0 Å². The first-order chi connectivity index (χ1) is 8.74. The lowest BCUT2D eigenvalue weighted by atomic mass is 9.87. The van der Waals surface area contributed by atoms with Crippen molar-refractivity contribution < 1.29 is 9.84 Å². The molecular weight excluding hydrogens is 224 g/mol. The first kappa shape index (κ1) is 12.2. The van der Waals surface area contributed by atoms with Gasteiger partial charge in [0.05, 0.1) is 18.8 Å². The van der Waals surface area contributed by atoms with E-state index in [0.29, 0.717) is 12.7 Å². The highest BCUT2D eigenvalue weighted by atomic mass is 16.5. The molecule has 98 valence electrons. The van der Waals surface area contributed by atoms with Crippen molar-refractivity contribution >= 4 is 0 Å². The third-order valence-electron chi connectivity index (χ3n) is 4.39. The summed E-state index contributed by atoms with van der Waals surface area (Å²) in [5.74, 6) is 0.265. The maximum absolute atomic E-state index is 10.5. The smallest absolute Gasteiger partial charge is 0.0841 e. The molecule has 1 fully saturated rings. The van der Waals surface area contributed by atoms with E-state index < -0.39 is 0 Å². The van der Waals surface area contributed by atoms with Crippen molar-refractivity contribution in [1.82, 2.24) is 0 Å². The summed E-state index contributed by atoms with van der Waals surface area (Å²) in [6, 6.07) is 6.55. The summed E-state index contributed by atoms with van der Waals surface area (Å²) in [4.78, 5) is 0. The summed E-state index contributed by atoms with van der Waals surface area (Å²) in [6.07, 6.45) is 5.88. The predicted molar refractivity (Wildman–Crippen MR) is 71.6 cm³/mol. The zero-order valence-electron chi connectivity index (χ0n) is 11.1. The van der Waals surface area contributed by atoms with Gasteiger partial charge in [0, 0.05) is 5.92 Å². The molecule has 3 unspecified atom stereocenters. The Hall–Kier alpha value is -0.860. The van der Waals surface area contributed by atoms with E-state index in [1.165, 1.54) is 36.8 Å². The Morgan fingerprint density at radius 3 is 2.72 bits per heavy atom. The zero-order chi connectivity index (χ0) is 12.5. The second-order valence-electron chi connectivity index (χ2n) is 5.82. The van der Waals surface area contributed by atoms with Crippen LogP contribution in [0.25, 0.3) is 0 Å². The Morgan fingerprint density at radius 2 is 2.00 bits per heavy atom. The Balaban J connectivity index is 1.79. The topological polar surface area (TPSA) is 29.5 Å². The van der Waals surface area contributed by atoms with Gasteiger partial charge in [-0.2, -0.15) is 0 Å². The lowest BCUT2D eigenvalue weighted by molar-refractivity contribution is 0.0803. The minimum atomic E-state index is -0.359. The van der Waals surface area contributed by atoms with E-state index in [0.717, 1.165) is 12.0 Å². The third-order valence-corrected chi connectivity index (χ3v) is 4.39. The highest BCUT2D eigenvalue weighted by molar-refractivity contribution is 5.35. The van der Waals surface area contributed by atoms with Crippen LogP contribution in [0.1, 0.15) is 49.0 Å². The number of hydrogen-bond acceptors (Lipinski definition) is 2. The molecule has 1 heterocycles. The van der Waals surface area contributed by atoms with Crippen LogP contribution in [0, 0.1) is 5.92 Å². The van der Waals surface area contributed by atoms with Crippen LogP contribution < -0.4 is 0 Å². The quantitative estimate of drug-likeness (QED) is 0.869. The average molecular weight is 246 g/mol. The number of fused-ring (bicyclic) bond motifs is 1. The van der Waals surface area contributed by atoms with Gasteiger partial charge in [0.2, 0.25) is 0 Å². The molecule has 0 bridgehead atoms. The van der Waals surface area contributed by atoms with Crippen molar-refractivity contribution in [2.24, 2.45) is 5.92 Å². The van der Waals surface area contributed by atoms with Gasteiger partial charge in [-0.25, -0.2) is 0 Å². The molecule has 1 aromatic rings. The molecular formula is C16H22O2. The number of hydrogen-bond donors (Lipinski definition) is 1. The largest absolute Gasteiger partial charge is 0.388 e. The Labute approximate surface area is 109 Å². The van der Waals surface area contributed by atoms with Gasteiger partial charge < -0.3 is 9.84 Å². The molecule has 2 heteroatoms. The van der Waals surface area contributed by atoms with Crippen molar-refractivity contribution in [3.63, 3.8) is 0 Å². The summed E-state index contributed by atoms with van der Waals surface area (Å²) < 4.78 is 5.56. The summed E-state index contributed by atoms with van der Waals surface area (Å²) in [7, 11) is 0. The first-order valence-corrected chi connectivity index (χ1v) is 7.15. The average Bonchev–Trinajstić information content (AvgIpc) is 2.84. The van der Waals surface area contributed by atoms with Crippen molar-refractivity contribution in [3.8, 4) is 0 Å². The van der Waals surface area contributed by atoms with Gasteiger partial charge in [0.15, 0.2) is 0 Å². The van der Waals surface area contributed by atoms with E-state index in [1.54, 1.807) is 0 Å². The fraction of sp³-hybridized carbons (Fsp3) is 0.625. The summed E-state index contributed by atoms with van der Waals surface area (Å²) >= 11 is 0. The minimum absolute atomic E-state index is 0.265. The number of aliphatic hydroxyl groups excluding tert-OH is 1. The third kappa shape index (κ3) is 2.32. The first-order valence-electron chi connectivity index (χ1n) is 7.15. The van der Waals surface area contributed by atoms with E-state index in [9.17, 15) is 5.11 Å². The van der Waals surface area contributed by atoms with Crippen molar-refractivity contribution in [2.75, 3.05) is 6.61 Å². The minimum Gasteiger partial charge on any atom is -0.388 e. The number of aliphatic hydroxyl groups is 1. The van der Waals surface area contributed by atoms with Gasteiger partial charge in [-0.05, 0) is 55.7 Å². The molecule has 1 N–H and O–H groups in total. The van der Waals surface area contributed by atoms with E-state index in [-0.39, 0.29) is 12.0 Å². The monoisotopic (exact) mass is 246 g/mol. The van der Waals surface area contributed by atoms with Crippen molar-refractivity contribution in [2.45, 2.75) is 51.2 Å². The lowest BCUT2D eigenvalue weighted by Crippen LogP contribution is -2.14. The Morgan fingerprint density at radius 1 is 1.22 bits per heavy atom. The SMILES string of the molecule is CC1CC(C(O)c2ccc3c(c2)CCCC3)CO1. The molecule has 1 aliphatic carbocycles. The second-order valence-corrected chi connectivity index (χ2v) is 5.82. The Kier molecular flexibility index (Phi) is 3.40. The molecule has 0 radical (unpaired) electrons. The van der Waals surface area contributed by atoms with Gasteiger partial charge >= 0.3 is 0 Å². The summed E-state index contributed by atoms with van der Waals surface area (Å²) in [5.41, 5.74) is 4.01. The van der Waals surface area contributed by atoms with Crippen LogP contribution >= 0.6 is 0 Å². The molecule has 0 amide bonds. The Bertz CT molecular complexity index is 427. The molecule has 1 aromatic carbocycles. The fourth-order valence-corrected chi connectivity index (χ4v) is 3.28. The molecule has 1 aliphatic heterocycles. The molecule has 3 rings (SSSR count). The van der Waals surface area contributed by atoms with Crippen LogP contribution in [-0.4, -0.2) is 17.8 Å². The van der Waals surface area contributed by atoms with Crippen LogP contribution in [0.5, 0.6) is 0 Å². The fourth-order valence-electron chi connectivity index (χ4n) is 3.28. The van der Waals surface area contributed by atoms with E-state index in [2.05, 4.69) is 25.1 Å². The number of aryl methyl sites for hydroxylation is 2. The highest BCUT2D eigenvalue weighted by Gasteiger charge is 2.29. The standard InChI is InChI=1S/C16H22O2/c1-11-8-15(10-18-11)16(17)14-7-6-12-4-2-3-5-13(12)9-14/h6-7,9,11,15-17H,2-5,8,10H2,1H3. The highest BCUT2D eigenvalue weighted by Crippen LogP contribution is 2.33.